The van der Waals surface area contributed by atoms with Crippen LogP contribution in [-0.2, 0) is 0 Å². The maximum atomic E-state index is 12.9. The van der Waals surface area contributed by atoms with Gasteiger partial charge in [0.25, 0.3) is 5.91 Å². The third-order valence-electron chi connectivity index (χ3n) is 4.62. The van der Waals surface area contributed by atoms with Crippen LogP contribution in [0.1, 0.15) is 23.3 Å². The van der Waals surface area contributed by atoms with Gasteiger partial charge in [-0.1, -0.05) is 18.2 Å². The van der Waals surface area contributed by atoms with E-state index in [-0.39, 0.29) is 11.9 Å². The molecule has 1 fully saturated rings. The summed E-state index contributed by atoms with van der Waals surface area (Å²) in [5.74, 6) is -0.0217. The van der Waals surface area contributed by atoms with E-state index in [9.17, 15) is 4.79 Å². The van der Waals surface area contributed by atoms with Crippen molar-refractivity contribution in [2.24, 2.45) is 0 Å². The van der Waals surface area contributed by atoms with Crippen molar-refractivity contribution in [1.29, 1.82) is 0 Å². The summed E-state index contributed by atoms with van der Waals surface area (Å²) in [6.45, 7) is 1.45. The van der Waals surface area contributed by atoms with Gasteiger partial charge < -0.3 is 14.8 Å². The quantitative estimate of drug-likeness (QED) is 0.788. The van der Waals surface area contributed by atoms with Crippen LogP contribution in [0.3, 0.4) is 0 Å². The van der Waals surface area contributed by atoms with Gasteiger partial charge in [-0.3, -0.25) is 9.78 Å². The Bertz CT molecular complexity index is 863. The Balaban J connectivity index is 1.47. The zero-order valence-corrected chi connectivity index (χ0v) is 14.5. The second-order valence-corrected chi connectivity index (χ2v) is 6.47. The second-order valence-electron chi connectivity index (χ2n) is 6.47. The molecule has 3 heterocycles. The van der Waals surface area contributed by atoms with Crippen molar-refractivity contribution < 1.29 is 4.79 Å². The molecule has 0 saturated carbocycles. The van der Waals surface area contributed by atoms with E-state index in [4.69, 9.17) is 0 Å². The lowest BCUT2D eigenvalue weighted by Crippen LogP contribution is -2.45. The molecular formula is C20H21N5O. The zero-order valence-electron chi connectivity index (χ0n) is 14.5. The molecule has 2 aromatic heterocycles. The Morgan fingerprint density at radius 2 is 2.04 bits per heavy atom. The normalized spacial score (nSPS) is 17.1. The largest absolute Gasteiger partial charge is 0.381 e. The van der Waals surface area contributed by atoms with Crippen molar-refractivity contribution in [1.82, 2.24) is 19.4 Å². The molecule has 1 aromatic carbocycles. The summed E-state index contributed by atoms with van der Waals surface area (Å²) in [5, 5.41) is 3.52. The number of anilines is 1. The smallest absolute Gasteiger partial charge is 0.272 e. The van der Waals surface area contributed by atoms with Gasteiger partial charge in [-0.2, -0.15) is 0 Å². The molecule has 0 bridgehead atoms. The number of benzene rings is 1. The number of piperidine rings is 1. The number of nitrogens with one attached hydrogen (secondary N) is 1. The van der Waals surface area contributed by atoms with E-state index in [1.165, 1.54) is 0 Å². The number of likely N-dealkylation sites (tertiary alicyclic amines) is 1. The van der Waals surface area contributed by atoms with Gasteiger partial charge in [0.05, 0.1) is 12.0 Å². The Morgan fingerprint density at radius 3 is 2.85 bits per heavy atom. The molecule has 4 rings (SSSR count). The third kappa shape index (κ3) is 3.59. The van der Waals surface area contributed by atoms with E-state index < -0.39 is 0 Å². The standard InChI is InChI=1S/C20H21N5O/c26-20(19-13-18(8-9-22-19)25-12-10-21-15-25)24-11-4-7-17(14-24)23-16-5-2-1-3-6-16/h1-3,5-6,8-10,12-13,15,17,23H,4,7,11,14H2/t17-/m1/s1. The predicted molar refractivity (Wildman–Crippen MR) is 100 cm³/mol. The number of carbonyl (C=O) groups is 1. The van der Waals surface area contributed by atoms with E-state index in [1.807, 2.05) is 46.0 Å². The lowest BCUT2D eigenvalue weighted by Gasteiger charge is -2.33. The molecule has 1 saturated heterocycles. The van der Waals surface area contributed by atoms with E-state index >= 15 is 0 Å². The van der Waals surface area contributed by atoms with Crippen molar-refractivity contribution in [3.8, 4) is 5.69 Å². The fourth-order valence-corrected chi connectivity index (χ4v) is 3.32. The van der Waals surface area contributed by atoms with Gasteiger partial charge >= 0.3 is 0 Å². The number of carbonyl (C=O) groups excluding carboxylic acids is 1. The Morgan fingerprint density at radius 1 is 1.15 bits per heavy atom. The minimum absolute atomic E-state index is 0.0217. The van der Waals surface area contributed by atoms with Crippen LogP contribution in [0.2, 0.25) is 0 Å². The number of aromatic nitrogens is 3. The van der Waals surface area contributed by atoms with Crippen molar-refractivity contribution in [3.63, 3.8) is 0 Å². The minimum atomic E-state index is -0.0217. The van der Waals surface area contributed by atoms with E-state index in [1.54, 1.807) is 18.7 Å². The topological polar surface area (TPSA) is 63.1 Å². The van der Waals surface area contributed by atoms with Gasteiger partial charge in [0.1, 0.15) is 5.69 Å². The average molecular weight is 347 g/mol. The molecule has 6 nitrogen and oxygen atoms in total. The van der Waals surface area contributed by atoms with Gasteiger partial charge in [0, 0.05) is 43.4 Å². The van der Waals surface area contributed by atoms with E-state index in [2.05, 4.69) is 27.4 Å². The molecule has 1 aliphatic heterocycles. The van der Waals surface area contributed by atoms with Gasteiger partial charge in [-0.15, -0.1) is 0 Å². The molecule has 26 heavy (non-hydrogen) atoms. The Kier molecular flexibility index (Phi) is 4.64. The summed E-state index contributed by atoms with van der Waals surface area (Å²) in [6.07, 6.45) is 8.99. The highest BCUT2D eigenvalue weighted by Gasteiger charge is 2.25. The summed E-state index contributed by atoms with van der Waals surface area (Å²) in [7, 11) is 0. The van der Waals surface area contributed by atoms with Crippen molar-refractivity contribution in [2.75, 3.05) is 18.4 Å². The number of imidazole rings is 1. The van der Waals surface area contributed by atoms with Crippen LogP contribution < -0.4 is 5.32 Å². The highest BCUT2D eigenvalue weighted by Crippen LogP contribution is 2.18. The molecule has 0 radical (unpaired) electrons. The van der Waals surface area contributed by atoms with Crippen LogP contribution in [-0.4, -0.2) is 44.5 Å². The maximum absolute atomic E-state index is 12.9. The van der Waals surface area contributed by atoms with Crippen molar-refractivity contribution in [2.45, 2.75) is 18.9 Å². The van der Waals surface area contributed by atoms with Crippen molar-refractivity contribution >= 4 is 11.6 Å². The first-order chi connectivity index (χ1) is 12.8. The molecule has 1 aliphatic rings. The molecule has 0 spiro atoms. The molecule has 1 atom stereocenters. The monoisotopic (exact) mass is 347 g/mol. The zero-order chi connectivity index (χ0) is 17.8. The first kappa shape index (κ1) is 16.3. The van der Waals surface area contributed by atoms with Gasteiger partial charge in [0.2, 0.25) is 0 Å². The summed E-state index contributed by atoms with van der Waals surface area (Å²) in [4.78, 5) is 23.2. The number of hydrogen-bond donors (Lipinski definition) is 1. The second kappa shape index (κ2) is 7.39. The van der Waals surface area contributed by atoms with Crippen LogP contribution in [0.25, 0.3) is 5.69 Å². The summed E-state index contributed by atoms with van der Waals surface area (Å²) < 4.78 is 1.87. The van der Waals surface area contributed by atoms with Gasteiger partial charge in [-0.05, 0) is 37.1 Å². The molecule has 1 amide bonds. The first-order valence-electron chi connectivity index (χ1n) is 8.85. The lowest BCUT2D eigenvalue weighted by molar-refractivity contribution is 0.0709. The van der Waals surface area contributed by atoms with Crippen molar-refractivity contribution in [3.05, 3.63) is 73.1 Å². The number of rotatable bonds is 4. The SMILES string of the molecule is O=C(c1cc(-n2ccnc2)ccn1)N1CCC[C@@H](Nc2ccccc2)C1. The minimum Gasteiger partial charge on any atom is -0.381 e. The highest BCUT2D eigenvalue weighted by molar-refractivity contribution is 5.93. The molecule has 132 valence electrons. The summed E-state index contributed by atoms with van der Waals surface area (Å²) in [5.41, 5.74) is 2.44. The van der Waals surface area contributed by atoms with Crippen LogP contribution in [0, 0.1) is 0 Å². The molecule has 3 aromatic rings. The Hall–Kier alpha value is -3.15. The third-order valence-corrected chi connectivity index (χ3v) is 4.62. The van der Waals surface area contributed by atoms with Crippen LogP contribution in [0.5, 0.6) is 0 Å². The average Bonchev–Trinajstić information content (AvgIpc) is 3.23. The number of para-hydroxylation sites is 1. The predicted octanol–water partition coefficient (Wildman–Crippen LogP) is 2.98. The van der Waals surface area contributed by atoms with Gasteiger partial charge in [-0.25, -0.2) is 4.98 Å². The summed E-state index contributed by atoms with van der Waals surface area (Å²) in [6, 6.07) is 14.1. The first-order valence-corrected chi connectivity index (χ1v) is 8.85. The van der Waals surface area contributed by atoms with E-state index in [0.717, 1.165) is 30.8 Å². The lowest BCUT2D eigenvalue weighted by atomic mass is 10.0. The Labute approximate surface area is 152 Å². The molecule has 0 aliphatic carbocycles. The van der Waals surface area contributed by atoms with Crippen LogP contribution in [0.4, 0.5) is 5.69 Å². The fourth-order valence-electron chi connectivity index (χ4n) is 3.32. The molecule has 1 N–H and O–H groups in total. The summed E-state index contributed by atoms with van der Waals surface area (Å²) >= 11 is 0. The molecular weight excluding hydrogens is 326 g/mol. The highest BCUT2D eigenvalue weighted by atomic mass is 16.2. The number of nitrogens with zero attached hydrogens (tertiary/aromatic N) is 4. The fraction of sp³-hybridized carbons (Fsp3) is 0.250. The van der Waals surface area contributed by atoms with E-state index in [0.29, 0.717) is 12.2 Å². The molecule has 6 heteroatoms. The maximum Gasteiger partial charge on any atom is 0.272 e. The number of pyridine rings is 1. The number of hydrogen-bond acceptors (Lipinski definition) is 4. The van der Waals surface area contributed by atoms with Crippen LogP contribution >= 0.6 is 0 Å². The van der Waals surface area contributed by atoms with Crippen LogP contribution in [0.15, 0.2) is 67.4 Å². The molecule has 0 unspecified atom stereocenters. The number of amides is 1. The van der Waals surface area contributed by atoms with Gasteiger partial charge in [0.15, 0.2) is 0 Å².